The number of carbonyl (C=O) groups is 4. The van der Waals surface area contributed by atoms with E-state index < -0.39 is 98.2 Å². The maximum Gasteiger partial charge on any atom is 0.258 e. The van der Waals surface area contributed by atoms with E-state index in [0.717, 1.165) is 10.6 Å². The fraction of sp³-hybridized carbons (Fsp3) is 0.333. The summed E-state index contributed by atoms with van der Waals surface area (Å²) in [4.78, 5) is 54.5. The monoisotopic (exact) mass is 761 g/mol. The zero-order valence-corrected chi connectivity index (χ0v) is 28.2. The topological polar surface area (TPSA) is 107 Å². The van der Waals surface area contributed by atoms with Crippen molar-refractivity contribution in [3.8, 4) is 5.75 Å². The zero-order chi connectivity index (χ0) is 37.0. The molecule has 6 atom stereocenters. The number of ether oxygens (including phenoxy) is 1. The quantitative estimate of drug-likeness (QED) is 0.0910. The van der Waals surface area contributed by atoms with E-state index >= 15 is 8.78 Å². The van der Waals surface area contributed by atoms with Crippen LogP contribution in [0.3, 0.4) is 0 Å². The third kappa shape index (κ3) is 4.56. The van der Waals surface area contributed by atoms with Gasteiger partial charge in [-0.05, 0) is 60.7 Å². The van der Waals surface area contributed by atoms with Crippen LogP contribution in [0.1, 0.15) is 24.3 Å². The van der Waals surface area contributed by atoms with Gasteiger partial charge in [0.2, 0.25) is 17.6 Å². The lowest BCUT2D eigenvalue weighted by molar-refractivity contribution is -0.125. The van der Waals surface area contributed by atoms with E-state index in [2.05, 4.69) is 4.90 Å². The van der Waals surface area contributed by atoms with Crippen LogP contribution in [0.5, 0.6) is 5.75 Å². The van der Waals surface area contributed by atoms with E-state index in [1.54, 1.807) is 30.3 Å². The van der Waals surface area contributed by atoms with Crippen molar-refractivity contribution >= 4 is 63.9 Å². The smallest absolute Gasteiger partial charge is 0.258 e. The predicted molar refractivity (Wildman–Crippen MR) is 176 cm³/mol. The zero-order valence-electron chi connectivity index (χ0n) is 26.7. The Balaban J connectivity index is 1.24. The number of carbonyl (C=O) groups excluding carboxylic acids is 4. The van der Waals surface area contributed by atoms with Gasteiger partial charge in [-0.25, -0.2) is 26.9 Å². The van der Waals surface area contributed by atoms with Gasteiger partial charge in [0.15, 0.2) is 33.0 Å². The summed E-state index contributed by atoms with van der Waals surface area (Å²) in [6.45, 7) is 2.42. The highest BCUT2D eigenvalue weighted by molar-refractivity contribution is 6.58. The van der Waals surface area contributed by atoms with Gasteiger partial charge in [-0.3, -0.25) is 24.1 Å². The molecule has 3 aromatic carbocycles. The largest absolute Gasteiger partial charge is 0.508 e. The third-order valence-corrected chi connectivity index (χ3v) is 12.3. The van der Waals surface area contributed by atoms with Crippen LogP contribution in [-0.2, 0) is 23.9 Å². The molecule has 4 amide bonds. The van der Waals surface area contributed by atoms with Crippen molar-refractivity contribution in [1.29, 1.82) is 0 Å². The van der Waals surface area contributed by atoms with Gasteiger partial charge in [0.05, 0.1) is 30.7 Å². The van der Waals surface area contributed by atoms with E-state index in [9.17, 15) is 37.5 Å². The van der Waals surface area contributed by atoms with E-state index in [4.69, 9.17) is 27.9 Å². The van der Waals surface area contributed by atoms with Crippen LogP contribution in [-0.4, -0.2) is 64.8 Å². The number of phenolic OH excluding ortho intramolecular Hbond substituents is 1. The van der Waals surface area contributed by atoms with Crippen molar-refractivity contribution in [2.45, 2.75) is 28.5 Å². The maximum absolute atomic E-state index is 15.2. The lowest BCUT2D eigenvalue weighted by atomic mass is 9.56. The number of phenols is 1. The number of alkyl halides is 2. The number of hydrogen-bond acceptors (Lipinski definition) is 7. The van der Waals surface area contributed by atoms with Gasteiger partial charge in [0.25, 0.3) is 11.8 Å². The molecule has 3 aliphatic heterocycles. The highest BCUT2D eigenvalue weighted by atomic mass is 35.5. The summed E-state index contributed by atoms with van der Waals surface area (Å²) >= 11 is 14.2. The molecule has 3 heterocycles. The van der Waals surface area contributed by atoms with Gasteiger partial charge in [-0.15, -0.1) is 23.2 Å². The minimum absolute atomic E-state index is 0.00943. The molecule has 9 nitrogen and oxygen atoms in total. The van der Waals surface area contributed by atoms with Crippen LogP contribution in [0.2, 0.25) is 0 Å². The Kier molecular flexibility index (Phi) is 7.97. The molecule has 3 saturated heterocycles. The molecule has 4 fully saturated rings. The molecule has 1 N–H and O–H groups in total. The highest BCUT2D eigenvalue weighted by Gasteiger charge is 2.77. The summed E-state index contributed by atoms with van der Waals surface area (Å²) in [7, 11) is 0. The van der Waals surface area contributed by atoms with Crippen molar-refractivity contribution in [3.05, 3.63) is 94.8 Å². The summed E-state index contributed by atoms with van der Waals surface area (Å²) < 4.78 is 78.7. The number of halogens is 7. The van der Waals surface area contributed by atoms with Crippen LogP contribution in [0.25, 0.3) is 0 Å². The molecule has 0 radical (unpaired) electrons. The summed E-state index contributed by atoms with van der Waals surface area (Å²) in [5.41, 5.74) is -0.324. The molecule has 1 saturated carbocycles. The number of rotatable bonds is 4. The first-order chi connectivity index (χ1) is 24.7. The SMILES string of the molecule is O=C1[C@H]2[C@H](CC=C3[C@H]2C[C@@]2(Cl)C(=O)N(c4c(F)c(F)c(F)c(F)c4F)C(=O)[C@@]2(Cl)[C@H]3c2cccc(O)c2)C(=O)N1c1ccc(N2CCOCC2)cc1. The Morgan fingerprint density at radius 2 is 1.37 bits per heavy atom. The summed E-state index contributed by atoms with van der Waals surface area (Å²) in [6.07, 6.45) is 0.959. The molecular weight excluding hydrogens is 736 g/mol. The molecule has 0 unspecified atom stereocenters. The molecular formula is C36H26Cl2F5N3O6. The second-order valence-corrected chi connectivity index (χ2v) is 14.7. The Morgan fingerprint density at radius 1 is 0.750 bits per heavy atom. The van der Waals surface area contributed by atoms with Crippen LogP contribution in [0.15, 0.2) is 60.2 Å². The van der Waals surface area contributed by atoms with E-state index in [1.807, 2.05) is 0 Å². The minimum atomic E-state index is -2.67. The van der Waals surface area contributed by atoms with E-state index in [1.165, 1.54) is 24.3 Å². The standard InChI is InChI=1S/C36H26Cl2F5N3O6/c37-35-15-22-20(8-9-21-23(22)32(49)45(31(21)48)18-6-4-17(5-7-18)44-10-12-52-13-11-44)24(16-2-1-3-19(47)14-16)36(35,38)34(51)46(33(35)50)30-28(42)26(40)25(39)27(41)29(30)43/h1-8,14,21-24,47H,9-13,15H2/t21-,22+,23-,24-,35+,36-/m0/s1. The van der Waals surface area contributed by atoms with E-state index in [-0.39, 0.29) is 28.2 Å². The summed E-state index contributed by atoms with van der Waals surface area (Å²) in [6, 6.07) is 12.2. The van der Waals surface area contributed by atoms with Gasteiger partial charge in [-0.2, -0.15) is 0 Å². The van der Waals surface area contributed by atoms with Crippen LogP contribution >= 0.6 is 23.2 Å². The second kappa shape index (κ2) is 12.0. The average Bonchev–Trinajstić information content (AvgIpc) is 3.48. The number of hydrogen-bond donors (Lipinski definition) is 1. The fourth-order valence-electron chi connectivity index (χ4n) is 8.53. The molecule has 52 heavy (non-hydrogen) atoms. The second-order valence-electron chi connectivity index (χ2n) is 13.4. The van der Waals surface area contributed by atoms with Crippen LogP contribution in [0, 0.1) is 46.8 Å². The molecule has 270 valence electrons. The lowest BCUT2D eigenvalue weighted by Crippen LogP contribution is -2.60. The molecule has 0 spiro atoms. The van der Waals surface area contributed by atoms with Crippen molar-refractivity contribution < 1.29 is 51.0 Å². The van der Waals surface area contributed by atoms with Crippen LogP contribution < -0.4 is 14.7 Å². The molecule has 8 rings (SSSR count). The number of aromatic hydroxyl groups is 1. The first-order valence-corrected chi connectivity index (χ1v) is 17.1. The summed E-state index contributed by atoms with van der Waals surface area (Å²) in [5.74, 6) is -21.5. The minimum Gasteiger partial charge on any atom is -0.508 e. The Morgan fingerprint density at radius 3 is 2.00 bits per heavy atom. The molecule has 5 aliphatic rings. The number of fused-ring (bicyclic) bond motifs is 4. The number of allylic oxidation sites excluding steroid dienone is 2. The number of anilines is 3. The number of amides is 4. The number of imide groups is 2. The van der Waals surface area contributed by atoms with Gasteiger partial charge in [-0.1, -0.05) is 23.8 Å². The van der Waals surface area contributed by atoms with Crippen molar-refractivity contribution in [1.82, 2.24) is 0 Å². The molecule has 0 bridgehead atoms. The van der Waals surface area contributed by atoms with Crippen molar-refractivity contribution in [2.75, 3.05) is 41.0 Å². The van der Waals surface area contributed by atoms with Gasteiger partial charge >= 0.3 is 0 Å². The molecule has 3 aromatic rings. The van der Waals surface area contributed by atoms with Crippen LogP contribution in [0.4, 0.5) is 39.0 Å². The third-order valence-electron chi connectivity index (χ3n) is 10.9. The molecule has 0 aromatic heterocycles. The van der Waals surface area contributed by atoms with E-state index in [0.29, 0.717) is 32.0 Å². The number of benzene rings is 3. The van der Waals surface area contributed by atoms with Crippen molar-refractivity contribution in [2.24, 2.45) is 17.8 Å². The number of morpholine rings is 1. The maximum atomic E-state index is 15.2. The molecule has 16 heteroatoms. The van der Waals surface area contributed by atoms with Gasteiger partial charge in [0.1, 0.15) is 11.4 Å². The Hall–Kier alpha value is -4.53. The lowest BCUT2D eigenvalue weighted by Gasteiger charge is -2.50. The highest BCUT2D eigenvalue weighted by Crippen LogP contribution is 2.66. The molecule has 2 aliphatic carbocycles. The summed E-state index contributed by atoms with van der Waals surface area (Å²) in [5, 5.41) is 10.4. The average molecular weight is 763 g/mol. The van der Waals surface area contributed by atoms with Crippen molar-refractivity contribution in [3.63, 3.8) is 0 Å². The van der Waals surface area contributed by atoms with Gasteiger partial charge in [0, 0.05) is 24.7 Å². The first-order valence-electron chi connectivity index (χ1n) is 16.3. The Labute approximate surface area is 302 Å². The van der Waals surface area contributed by atoms with Gasteiger partial charge < -0.3 is 14.7 Å². The first kappa shape index (κ1) is 34.6. The number of nitrogens with zero attached hydrogens (tertiary/aromatic N) is 3. The Bertz CT molecular complexity index is 2100. The fourth-order valence-corrected chi connectivity index (χ4v) is 9.47. The predicted octanol–water partition coefficient (Wildman–Crippen LogP) is 5.69. The normalized spacial score (nSPS) is 30.1.